The van der Waals surface area contributed by atoms with Crippen molar-refractivity contribution in [2.45, 2.75) is 4.90 Å². The van der Waals surface area contributed by atoms with Crippen molar-refractivity contribution in [1.29, 1.82) is 0 Å². The summed E-state index contributed by atoms with van der Waals surface area (Å²) in [5.41, 5.74) is 6.33. The van der Waals surface area contributed by atoms with E-state index in [9.17, 15) is 13.2 Å². The summed E-state index contributed by atoms with van der Waals surface area (Å²) in [6, 6.07) is 15.2. The fourth-order valence-electron chi connectivity index (χ4n) is 2.90. The minimum atomic E-state index is -3.84. The number of methoxy groups -OCH3 is 1. The molecule has 0 spiro atoms. The summed E-state index contributed by atoms with van der Waals surface area (Å²) in [7, 11) is -2.31. The molecule has 0 unspecified atom stereocenters. The Balaban J connectivity index is 1.47. The predicted molar refractivity (Wildman–Crippen MR) is 131 cm³/mol. The van der Waals surface area contributed by atoms with Crippen LogP contribution in [0.5, 0.6) is 5.75 Å². The number of amides is 1. The van der Waals surface area contributed by atoms with Gasteiger partial charge in [-0.3, -0.25) is 20.4 Å². The molecule has 1 heterocycles. The van der Waals surface area contributed by atoms with Crippen molar-refractivity contribution >= 4 is 71.5 Å². The van der Waals surface area contributed by atoms with E-state index >= 15 is 0 Å². The molecule has 0 aliphatic heterocycles. The maximum Gasteiger partial charge on any atom is 0.269 e. The summed E-state index contributed by atoms with van der Waals surface area (Å²) < 4.78 is 33.6. The van der Waals surface area contributed by atoms with Gasteiger partial charge < -0.3 is 4.74 Å². The van der Waals surface area contributed by atoms with Gasteiger partial charge in [0.2, 0.25) is 5.13 Å². The van der Waals surface area contributed by atoms with Crippen LogP contribution < -0.4 is 20.3 Å². The van der Waals surface area contributed by atoms with Crippen molar-refractivity contribution in [2.75, 3.05) is 17.3 Å². The maximum absolute atomic E-state index is 12.6. The number of rotatable bonds is 7. The molecular formula is C21H16Cl2N4O4S2. The SMILES string of the molecule is COc1ccc(Cl)c2sc(NNC(=O)c3cccc(NS(=O)(=O)c4ccc(Cl)cc4)c3)nc12. The first kappa shape index (κ1) is 23.1. The molecular weight excluding hydrogens is 507 g/mol. The second-order valence-corrected chi connectivity index (χ2v) is 10.2. The molecule has 4 rings (SSSR count). The molecule has 0 radical (unpaired) electrons. The van der Waals surface area contributed by atoms with Gasteiger partial charge in [0.15, 0.2) is 0 Å². The molecule has 0 atom stereocenters. The topological polar surface area (TPSA) is 109 Å². The second kappa shape index (κ2) is 9.44. The van der Waals surface area contributed by atoms with E-state index < -0.39 is 15.9 Å². The van der Waals surface area contributed by atoms with Crippen LogP contribution in [0.3, 0.4) is 0 Å². The number of thiazole rings is 1. The summed E-state index contributed by atoms with van der Waals surface area (Å²) in [4.78, 5) is 17.1. The van der Waals surface area contributed by atoms with Gasteiger partial charge in [0.05, 0.1) is 21.7 Å². The van der Waals surface area contributed by atoms with E-state index in [1.165, 1.54) is 48.8 Å². The van der Waals surface area contributed by atoms with Crippen LogP contribution >= 0.6 is 34.5 Å². The van der Waals surface area contributed by atoms with Crippen LogP contribution in [0.1, 0.15) is 10.4 Å². The minimum absolute atomic E-state index is 0.0494. The van der Waals surface area contributed by atoms with Crippen molar-refractivity contribution in [3.05, 3.63) is 76.3 Å². The van der Waals surface area contributed by atoms with Gasteiger partial charge in [-0.15, -0.1) is 0 Å². The highest BCUT2D eigenvalue weighted by Crippen LogP contribution is 2.37. The lowest BCUT2D eigenvalue weighted by molar-refractivity contribution is 0.0962. The van der Waals surface area contributed by atoms with E-state index in [1.54, 1.807) is 30.3 Å². The zero-order valence-corrected chi connectivity index (χ0v) is 20.1. The predicted octanol–water partition coefficient (Wildman–Crippen LogP) is 5.17. The number of nitrogens with zero attached hydrogens (tertiary/aromatic N) is 1. The number of sulfonamides is 1. The Morgan fingerprint density at radius 2 is 1.82 bits per heavy atom. The summed E-state index contributed by atoms with van der Waals surface area (Å²) >= 11 is 13.3. The number of halogens is 2. The third kappa shape index (κ3) is 5.14. The monoisotopic (exact) mass is 522 g/mol. The summed E-state index contributed by atoms with van der Waals surface area (Å²) in [6.07, 6.45) is 0. The zero-order chi connectivity index (χ0) is 23.6. The summed E-state index contributed by atoms with van der Waals surface area (Å²) in [6.45, 7) is 0. The minimum Gasteiger partial charge on any atom is -0.494 e. The first-order chi connectivity index (χ1) is 15.8. The number of hydrogen-bond acceptors (Lipinski definition) is 7. The van der Waals surface area contributed by atoms with Crippen molar-refractivity contribution in [3.63, 3.8) is 0 Å². The van der Waals surface area contributed by atoms with Gasteiger partial charge >= 0.3 is 0 Å². The highest BCUT2D eigenvalue weighted by atomic mass is 35.5. The van der Waals surface area contributed by atoms with Crippen LogP contribution in [0.2, 0.25) is 10.0 Å². The Labute approximate surface area is 203 Å². The molecule has 0 saturated carbocycles. The fourth-order valence-corrected chi connectivity index (χ4v) is 5.19. The lowest BCUT2D eigenvalue weighted by Crippen LogP contribution is -2.29. The molecule has 8 nitrogen and oxygen atoms in total. The van der Waals surface area contributed by atoms with Crippen molar-refractivity contribution < 1.29 is 17.9 Å². The molecule has 0 aliphatic rings. The molecule has 33 heavy (non-hydrogen) atoms. The standard InChI is InChI=1S/C21H16Cl2N4O4S2/c1-31-17-10-9-16(23)19-18(17)24-21(32-19)26-25-20(28)12-3-2-4-14(11-12)27-33(29,30)15-7-5-13(22)6-8-15/h2-11,27H,1H3,(H,24,26)(H,25,28). The highest BCUT2D eigenvalue weighted by Gasteiger charge is 2.16. The molecule has 0 bridgehead atoms. The Hall–Kier alpha value is -3.05. The number of carbonyl (C=O) groups is 1. The third-order valence-corrected chi connectivity index (χ3v) is 7.54. The smallest absolute Gasteiger partial charge is 0.269 e. The lowest BCUT2D eigenvalue weighted by atomic mass is 10.2. The molecule has 3 N–H and O–H groups in total. The van der Waals surface area contributed by atoms with Crippen LogP contribution in [0.25, 0.3) is 10.2 Å². The van der Waals surface area contributed by atoms with Gasteiger partial charge in [0.25, 0.3) is 15.9 Å². The van der Waals surface area contributed by atoms with Crippen molar-refractivity contribution in [3.8, 4) is 5.75 Å². The van der Waals surface area contributed by atoms with E-state index in [0.717, 1.165) is 0 Å². The van der Waals surface area contributed by atoms with Crippen molar-refractivity contribution in [2.24, 2.45) is 0 Å². The van der Waals surface area contributed by atoms with Gasteiger partial charge in [-0.25, -0.2) is 13.4 Å². The average molecular weight is 523 g/mol. The molecule has 0 saturated heterocycles. The number of benzene rings is 3. The Kier molecular flexibility index (Phi) is 6.61. The van der Waals surface area contributed by atoms with Gasteiger partial charge in [0.1, 0.15) is 11.3 Å². The number of fused-ring (bicyclic) bond motifs is 1. The average Bonchev–Trinajstić information content (AvgIpc) is 3.23. The zero-order valence-electron chi connectivity index (χ0n) is 16.9. The third-order valence-electron chi connectivity index (χ3n) is 4.46. The Bertz CT molecular complexity index is 1440. The number of carbonyl (C=O) groups excluding carboxylic acids is 1. The molecule has 0 fully saturated rings. The molecule has 12 heteroatoms. The molecule has 3 aromatic carbocycles. The van der Waals surface area contributed by atoms with Crippen LogP contribution in [0, 0.1) is 0 Å². The van der Waals surface area contributed by atoms with Gasteiger partial charge in [0, 0.05) is 16.3 Å². The second-order valence-electron chi connectivity index (χ2n) is 6.67. The number of hydrazine groups is 1. The van der Waals surface area contributed by atoms with E-state index in [0.29, 0.717) is 31.1 Å². The van der Waals surface area contributed by atoms with Crippen LogP contribution in [0.4, 0.5) is 10.8 Å². The molecule has 1 aromatic heterocycles. The van der Waals surface area contributed by atoms with Crippen LogP contribution in [-0.4, -0.2) is 26.4 Å². The first-order valence-electron chi connectivity index (χ1n) is 9.34. The number of hydrogen-bond donors (Lipinski definition) is 3. The maximum atomic E-state index is 12.6. The number of aromatic nitrogens is 1. The molecule has 0 aliphatic carbocycles. The largest absolute Gasteiger partial charge is 0.494 e. The summed E-state index contributed by atoms with van der Waals surface area (Å²) in [5, 5.41) is 1.35. The number of ether oxygens (including phenoxy) is 1. The summed E-state index contributed by atoms with van der Waals surface area (Å²) in [5.74, 6) is 0.0746. The fraction of sp³-hybridized carbons (Fsp3) is 0.0476. The van der Waals surface area contributed by atoms with Gasteiger partial charge in [-0.05, 0) is 54.6 Å². The van der Waals surface area contributed by atoms with E-state index in [2.05, 4.69) is 20.6 Å². The quantitative estimate of drug-likeness (QED) is 0.289. The number of nitrogens with one attached hydrogen (secondary N) is 3. The van der Waals surface area contributed by atoms with E-state index in [-0.39, 0.29) is 16.1 Å². The van der Waals surface area contributed by atoms with E-state index in [1.807, 2.05) is 0 Å². The normalized spacial score (nSPS) is 11.2. The van der Waals surface area contributed by atoms with Crippen molar-refractivity contribution in [1.82, 2.24) is 10.4 Å². The van der Waals surface area contributed by atoms with E-state index in [4.69, 9.17) is 27.9 Å². The lowest BCUT2D eigenvalue weighted by Gasteiger charge is -2.10. The van der Waals surface area contributed by atoms with Gasteiger partial charge in [-0.1, -0.05) is 40.6 Å². The Morgan fingerprint density at radius 3 is 2.55 bits per heavy atom. The first-order valence-corrected chi connectivity index (χ1v) is 12.4. The Morgan fingerprint density at radius 1 is 1.06 bits per heavy atom. The van der Waals surface area contributed by atoms with Gasteiger partial charge in [-0.2, -0.15) is 0 Å². The van der Waals surface area contributed by atoms with Crippen LogP contribution in [-0.2, 0) is 10.0 Å². The highest BCUT2D eigenvalue weighted by molar-refractivity contribution is 7.92. The molecule has 4 aromatic rings. The molecule has 1 amide bonds. The number of anilines is 2. The molecule has 170 valence electrons. The van der Waals surface area contributed by atoms with Crippen LogP contribution in [0.15, 0.2) is 65.6 Å².